The van der Waals surface area contributed by atoms with Gasteiger partial charge in [0.1, 0.15) is 0 Å². The molecule has 1 heterocycles. The molecule has 1 aromatic carbocycles. The van der Waals surface area contributed by atoms with Gasteiger partial charge in [0.25, 0.3) is 0 Å². The van der Waals surface area contributed by atoms with E-state index in [1.54, 1.807) is 0 Å². The van der Waals surface area contributed by atoms with Crippen molar-refractivity contribution in [3.05, 3.63) is 47.3 Å². The summed E-state index contributed by atoms with van der Waals surface area (Å²) in [6.07, 6.45) is 9.22. The number of amides is 2. The standard InChI is InChI=1S/C21H26N4O/c1-25-12-17(19(24-25)13-7-3-2-4-8-13)22-21(26)23-20-16-11-14-9-5-6-10-15(14)18(16)20/h5-6,9-10,12-13,16,18,20H,2-4,7-8,11H2,1H3,(H2,22,23,26). The van der Waals surface area contributed by atoms with E-state index in [0.717, 1.165) is 17.8 Å². The molecule has 0 bridgehead atoms. The number of rotatable bonds is 3. The van der Waals surface area contributed by atoms with Crippen LogP contribution in [0.2, 0.25) is 0 Å². The molecule has 26 heavy (non-hydrogen) atoms. The molecule has 2 saturated carbocycles. The number of urea groups is 1. The first-order chi connectivity index (χ1) is 12.7. The van der Waals surface area contributed by atoms with Gasteiger partial charge in [-0.1, -0.05) is 43.5 Å². The van der Waals surface area contributed by atoms with Crippen molar-refractivity contribution >= 4 is 11.7 Å². The molecule has 5 nitrogen and oxygen atoms in total. The van der Waals surface area contributed by atoms with Crippen molar-refractivity contribution in [1.29, 1.82) is 0 Å². The molecule has 0 radical (unpaired) electrons. The molecular weight excluding hydrogens is 324 g/mol. The van der Waals surface area contributed by atoms with E-state index in [4.69, 9.17) is 0 Å². The van der Waals surface area contributed by atoms with Gasteiger partial charge in [-0.3, -0.25) is 4.68 Å². The number of aryl methyl sites for hydroxylation is 1. The molecule has 1 aromatic heterocycles. The number of fused-ring (bicyclic) bond motifs is 3. The molecule has 3 aliphatic rings. The maximum Gasteiger partial charge on any atom is 0.319 e. The van der Waals surface area contributed by atoms with Crippen molar-refractivity contribution in [2.24, 2.45) is 13.0 Å². The first-order valence-electron chi connectivity index (χ1n) is 9.89. The highest BCUT2D eigenvalue weighted by molar-refractivity contribution is 5.90. The van der Waals surface area contributed by atoms with Gasteiger partial charge >= 0.3 is 6.03 Å². The van der Waals surface area contributed by atoms with E-state index in [2.05, 4.69) is 40.0 Å². The summed E-state index contributed by atoms with van der Waals surface area (Å²) >= 11 is 0. The van der Waals surface area contributed by atoms with E-state index in [9.17, 15) is 4.79 Å². The lowest BCUT2D eigenvalue weighted by molar-refractivity contribution is 0.251. The van der Waals surface area contributed by atoms with Crippen molar-refractivity contribution < 1.29 is 4.79 Å². The average Bonchev–Trinajstić information content (AvgIpc) is 3.00. The van der Waals surface area contributed by atoms with Gasteiger partial charge in [0.2, 0.25) is 0 Å². The van der Waals surface area contributed by atoms with Gasteiger partial charge in [-0.15, -0.1) is 0 Å². The smallest absolute Gasteiger partial charge is 0.319 e. The normalized spacial score (nSPS) is 26.9. The van der Waals surface area contributed by atoms with E-state index >= 15 is 0 Å². The van der Waals surface area contributed by atoms with Crippen LogP contribution in [0.4, 0.5) is 10.5 Å². The van der Waals surface area contributed by atoms with Crippen LogP contribution in [-0.2, 0) is 13.5 Å². The zero-order chi connectivity index (χ0) is 17.7. The summed E-state index contributed by atoms with van der Waals surface area (Å²) in [5.41, 5.74) is 4.81. The molecule has 5 rings (SSSR count). The van der Waals surface area contributed by atoms with Gasteiger partial charge in [-0.25, -0.2) is 4.79 Å². The molecule has 0 saturated heterocycles. The van der Waals surface area contributed by atoms with Gasteiger partial charge in [-0.05, 0) is 36.3 Å². The van der Waals surface area contributed by atoms with Crippen molar-refractivity contribution in [1.82, 2.24) is 15.1 Å². The summed E-state index contributed by atoms with van der Waals surface area (Å²) in [5.74, 6) is 1.56. The largest absolute Gasteiger partial charge is 0.334 e. The summed E-state index contributed by atoms with van der Waals surface area (Å²) in [7, 11) is 1.93. The molecule has 2 amide bonds. The predicted molar refractivity (Wildman–Crippen MR) is 101 cm³/mol. The van der Waals surface area contributed by atoms with Crippen molar-refractivity contribution in [3.8, 4) is 0 Å². The van der Waals surface area contributed by atoms with Crippen LogP contribution in [0.15, 0.2) is 30.5 Å². The third-order valence-corrected chi connectivity index (χ3v) is 6.43. The summed E-state index contributed by atoms with van der Waals surface area (Å²) < 4.78 is 1.82. The van der Waals surface area contributed by atoms with Gasteiger partial charge in [0.15, 0.2) is 0 Å². The second-order valence-corrected chi connectivity index (χ2v) is 8.15. The Kier molecular flexibility index (Phi) is 3.76. The molecule has 3 unspecified atom stereocenters. The second-order valence-electron chi connectivity index (χ2n) is 8.15. The first-order valence-corrected chi connectivity index (χ1v) is 9.89. The van der Waals surface area contributed by atoms with Gasteiger partial charge in [-0.2, -0.15) is 5.10 Å². The Hall–Kier alpha value is -2.30. The summed E-state index contributed by atoms with van der Waals surface area (Å²) in [6, 6.07) is 8.81. The van der Waals surface area contributed by atoms with Crippen molar-refractivity contribution in [2.45, 2.75) is 56.4 Å². The summed E-state index contributed by atoms with van der Waals surface area (Å²) in [6.45, 7) is 0. The van der Waals surface area contributed by atoms with Crippen LogP contribution < -0.4 is 10.6 Å². The number of hydrogen-bond acceptors (Lipinski definition) is 2. The van der Waals surface area contributed by atoms with Crippen LogP contribution in [0, 0.1) is 5.92 Å². The second kappa shape index (κ2) is 6.15. The first kappa shape index (κ1) is 15.9. The van der Waals surface area contributed by atoms with E-state index in [-0.39, 0.29) is 12.1 Å². The lowest BCUT2D eigenvalue weighted by atomic mass is 9.86. The van der Waals surface area contributed by atoms with Gasteiger partial charge < -0.3 is 10.6 Å². The van der Waals surface area contributed by atoms with E-state index in [1.165, 1.54) is 43.2 Å². The van der Waals surface area contributed by atoms with Crippen LogP contribution in [0.3, 0.4) is 0 Å². The molecule has 3 aliphatic carbocycles. The zero-order valence-corrected chi connectivity index (χ0v) is 15.2. The number of carbonyl (C=O) groups excluding carboxylic acids is 1. The number of benzene rings is 1. The Labute approximate surface area is 154 Å². The SMILES string of the molecule is Cn1cc(NC(=O)NC2C3Cc4ccccc4C32)c(C2CCCCC2)n1. The zero-order valence-electron chi connectivity index (χ0n) is 15.2. The Morgan fingerprint density at radius 1 is 1.19 bits per heavy atom. The Morgan fingerprint density at radius 2 is 2.00 bits per heavy atom. The van der Waals surface area contributed by atoms with E-state index < -0.39 is 0 Å². The van der Waals surface area contributed by atoms with Crippen LogP contribution in [0.1, 0.15) is 60.8 Å². The average molecular weight is 350 g/mol. The fraction of sp³-hybridized carbons (Fsp3) is 0.524. The lowest BCUT2D eigenvalue weighted by Crippen LogP contribution is -2.33. The number of nitrogens with zero attached hydrogens (tertiary/aromatic N) is 2. The lowest BCUT2D eigenvalue weighted by Gasteiger charge is -2.21. The fourth-order valence-electron chi connectivity index (χ4n) is 5.14. The van der Waals surface area contributed by atoms with E-state index in [1.807, 2.05) is 17.9 Å². The van der Waals surface area contributed by atoms with E-state index in [0.29, 0.717) is 17.8 Å². The molecule has 0 aliphatic heterocycles. The Bertz CT molecular complexity index is 836. The van der Waals surface area contributed by atoms with Crippen LogP contribution in [0.5, 0.6) is 0 Å². The minimum atomic E-state index is -0.0908. The molecule has 2 fully saturated rings. The molecule has 136 valence electrons. The maximum atomic E-state index is 12.6. The van der Waals surface area contributed by atoms with Crippen molar-refractivity contribution in [3.63, 3.8) is 0 Å². The monoisotopic (exact) mass is 350 g/mol. The number of carbonyl (C=O) groups is 1. The molecular formula is C21H26N4O. The van der Waals surface area contributed by atoms with Gasteiger partial charge in [0.05, 0.1) is 11.4 Å². The number of aromatic nitrogens is 2. The van der Waals surface area contributed by atoms with Crippen LogP contribution in [0.25, 0.3) is 0 Å². The minimum absolute atomic E-state index is 0.0908. The molecule has 5 heteroatoms. The van der Waals surface area contributed by atoms with Crippen LogP contribution >= 0.6 is 0 Å². The summed E-state index contributed by atoms with van der Waals surface area (Å²) in [4.78, 5) is 12.6. The van der Waals surface area contributed by atoms with Crippen molar-refractivity contribution in [2.75, 3.05) is 5.32 Å². The molecule has 2 N–H and O–H groups in total. The number of anilines is 1. The number of hydrogen-bond donors (Lipinski definition) is 2. The maximum absolute atomic E-state index is 12.6. The molecule has 0 spiro atoms. The predicted octanol–water partition coefficient (Wildman–Crippen LogP) is 3.93. The highest BCUT2D eigenvalue weighted by Gasteiger charge is 2.56. The Morgan fingerprint density at radius 3 is 2.85 bits per heavy atom. The quantitative estimate of drug-likeness (QED) is 0.881. The topological polar surface area (TPSA) is 59.0 Å². The molecule has 3 atom stereocenters. The Balaban J connectivity index is 1.25. The van der Waals surface area contributed by atoms with Gasteiger partial charge in [0, 0.05) is 31.1 Å². The third-order valence-electron chi connectivity index (χ3n) is 6.43. The summed E-state index contributed by atoms with van der Waals surface area (Å²) in [5, 5.41) is 10.9. The third kappa shape index (κ3) is 2.70. The fourth-order valence-corrected chi connectivity index (χ4v) is 5.14. The molecule has 2 aromatic rings. The number of nitrogens with one attached hydrogen (secondary N) is 2. The highest BCUT2D eigenvalue weighted by atomic mass is 16.2. The highest BCUT2D eigenvalue weighted by Crippen LogP contribution is 2.56. The van der Waals surface area contributed by atoms with Crippen LogP contribution in [-0.4, -0.2) is 21.9 Å². The minimum Gasteiger partial charge on any atom is -0.334 e.